The molecule has 1 aliphatic rings. The van der Waals surface area contributed by atoms with Gasteiger partial charge in [-0.15, -0.1) is 0 Å². The van der Waals surface area contributed by atoms with Crippen molar-refractivity contribution in [1.82, 2.24) is 15.5 Å². The zero-order valence-electron chi connectivity index (χ0n) is 20.1. The number of H-pyrrole nitrogens is 1. The van der Waals surface area contributed by atoms with E-state index in [1.807, 2.05) is 30.3 Å². The molecule has 1 atom stereocenters. The number of ether oxygens (including phenoxy) is 1. The highest BCUT2D eigenvalue weighted by Crippen LogP contribution is 2.37. The van der Waals surface area contributed by atoms with Gasteiger partial charge in [0, 0.05) is 30.7 Å². The molecule has 4 aromatic rings. The summed E-state index contributed by atoms with van der Waals surface area (Å²) in [5.41, 5.74) is 9.82. The number of halogens is 1. The number of hydrogen-bond donors (Lipinski definition) is 4. The number of amides is 2. The van der Waals surface area contributed by atoms with Crippen molar-refractivity contribution >= 4 is 28.4 Å². The molecule has 0 radical (unpaired) electrons. The summed E-state index contributed by atoms with van der Waals surface area (Å²) < 4.78 is 18.8. The molecule has 3 aromatic carbocycles. The van der Waals surface area contributed by atoms with E-state index in [1.54, 1.807) is 6.20 Å². The average molecular weight is 504 g/mol. The zero-order chi connectivity index (χ0) is 26.1. The van der Waals surface area contributed by atoms with E-state index >= 15 is 0 Å². The van der Waals surface area contributed by atoms with Gasteiger partial charge < -0.3 is 25.8 Å². The third kappa shape index (κ3) is 4.70. The minimum Gasteiger partial charge on any atom is -0.496 e. The van der Waals surface area contributed by atoms with Gasteiger partial charge in [0.25, 0.3) is 11.8 Å². The number of nitrogens with zero attached hydrogens (tertiary/aromatic N) is 2. The maximum Gasteiger partial charge on any atom is 0.255 e. The molecule has 1 aliphatic heterocycles. The lowest BCUT2D eigenvalue weighted by Gasteiger charge is -2.21. The number of nitrogens with two attached hydrogens (primary N) is 1. The highest BCUT2D eigenvalue weighted by molar-refractivity contribution is 6.13. The smallest absolute Gasteiger partial charge is 0.255 e. The lowest BCUT2D eigenvalue weighted by molar-refractivity contribution is 0.0946. The molecule has 10 heteroatoms. The number of carbonyl (C=O) groups excluding carboxylic acids is 2. The number of aromatic amines is 1. The van der Waals surface area contributed by atoms with Crippen molar-refractivity contribution in [3.63, 3.8) is 0 Å². The molecule has 0 saturated carbocycles. The predicted octanol–water partition coefficient (Wildman–Crippen LogP) is 2.98. The summed E-state index contributed by atoms with van der Waals surface area (Å²) in [4.78, 5) is 27.2. The van der Waals surface area contributed by atoms with Crippen LogP contribution in [0.15, 0.2) is 54.7 Å². The Labute approximate surface area is 212 Å². The molecule has 190 valence electrons. The standard InChI is InChI=1S/C27H26FN5O4/c1-37-23-7-6-17(28)10-20(23)27(36)30-12-15-2-4-16(5-3-15)19-11-22(33-9-8-18(34)14-33)21-13-31-32-25(21)24(19)26(29)35/h2-7,10-11,13,18,34H,8-9,12,14H2,1H3,(H2,29,35)(H,30,36)(H,31,32). The number of aliphatic hydroxyl groups excluding tert-OH is 1. The van der Waals surface area contributed by atoms with Crippen molar-refractivity contribution in [3.05, 3.63) is 77.2 Å². The van der Waals surface area contributed by atoms with Gasteiger partial charge in [-0.25, -0.2) is 4.39 Å². The van der Waals surface area contributed by atoms with Crippen LogP contribution in [0.2, 0.25) is 0 Å². The maximum atomic E-state index is 13.6. The van der Waals surface area contributed by atoms with Crippen LogP contribution in [0.1, 0.15) is 32.7 Å². The van der Waals surface area contributed by atoms with E-state index in [4.69, 9.17) is 10.5 Å². The SMILES string of the molecule is COc1ccc(F)cc1C(=O)NCc1ccc(-c2cc(N3CCC(O)C3)c3cn[nH]c3c2C(N)=O)cc1. The number of nitrogens with one attached hydrogen (secondary N) is 2. The van der Waals surface area contributed by atoms with Crippen molar-refractivity contribution in [3.8, 4) is 16.9 Å². The Morgan fingerprint density at radius 2 is 2.03 bits per heavy atom. The van der Waals surface area contributed by atoms with Crippen LogP contribution in [-0.2, 0) is 6.54 Å². The molecule has 5 N–H and O–H groups in total. The number of β-amino-alcohol motifs (C(OH)–C–C–N with tert-alkyl or cyclic N) is 1. The van der Waals surface area contributed by atoms with Crippen molar-refractivity contribution in [1.29, 1.82) is 0 Å². The van der Waals surface area contributed by atoms with Gasteiger partial charge in [0.1, 0.15) is 11.6 Å². The summed E-state index contributed by atoms with van der Waals surface area (Å²) in [7, 11) is 1.42. The fourth-order valence-corrected chi connectivity index (χ4v) is 4.74. The molecule has 9 nitrogen and oxygen atoms in total. The number of benzene rings is 3. The van der Waals surface area contributed by atoms with Crippen molar-refractivity contribution in [2.75, 3.05) is 25.1 Å². The van der Waals surface area contributed by atoms with Crippen molar-refractivity contribution in [2.45, 2.75) is 19.1 Å². The summed E-state index contributed by atoms with van der Waals surface area (Å²) in [6.07, 6.45) is 1.90. The molecular formula is C27H26FN5O4. The quantitative estimate of drug-likeness (QED) is 0.306. The molecule has 0 aliphatic carbocycles. The lowest BCUT2D eigenvalue weighted by Crippen LogP contribution is -2.23. The molecule has 1 unspecified atom stereocenters. The lowest BCUT2D eigenvalue weighted by atomic mass is 9.95. The van der Waals surface area contributed by atoms with E-state index in [-0.39, 0.29) is 17.9 Å². The van der Waals surface area contributed by atoms with E-state index in [0.29, 0.717) is 36.2 Å². The van der Waals surface area contributed by atoms with Crippen LogP contribution in [0.5, 0.6) is 5.75 Å². The number of fused-ring (bicyclic) bond motifs is 1. The number of carbonyl (C=O) groups is 2. The molecular weight excluding hydrogens is 477 g/mol. The monoisotopic (exact) mass is 503 g/mol. The van der Waals surface area contributed by atoms with Crippen LogP contribution in [0, 0.1) is 5.82 Å². The van der Waals surface area contributed by atoms with E-state index in [2.05, 4.69) is 20.4 Å². The van der Waals surface area contributed by atoms with Crippen LogP contribution in [-0.4, -0.2) is 53.4 Å². The van der Waals surface area contributed by atoms with Gasteiger partial charge in [-0.3, -0.25) is 14.7 Å². The first kappa shape index (κ1) is 24.3. The van der Waals surface area contributed by atoms with Crippen molar-refractivity contribution in [2.24, 2.45) is 5.73 Å². The number of aliphatic hydroxyl groups is 1. The van der Waals surface area contributed by atoms with E-state index in [9.17, 15) is 19.1 Å². The fourth-order valence-electron chi connectivity index (χ4n) is 4.74. The van der Waals surface area contributed by atoms with Gasteiger partial charge in [0.2, 0.25) is 0 Å². The van der Waals surface area contributed by atoms with Crippen LogP contribution in [0.25, 0.3) is 22.0 Å². The normalized spacial score (nSPS) is 15.2. The Morgan fingerprint density at radius 3 is 2.70 bits per heavy atom. The van der Waals surface area contributed by atoms with Gasteiger partial charge in [-0.1, -0.05) is 24.3 Å². The summed E-state index contributed by atoms with van der Waals surface area (Å²) >= 11 is 0. The van der Waals surface area contributed by atoms with Gasteiger partial charge in [0.05, 0.1) is 36.1 Å². The minimum absolute atomic E-state index is 0.109. The fraction of sp³-hybridized carbons (Fsp3) is 0.222. The first-order valence-electron chi connectivity index (χ1n) is 11.8. The Balaban J connectivity index is 1.43. The first-order valence-corrected chi connectivity index (χ1v) is 11.8. The zero-order valence-corrected chi connectivity index (χ0v) is 20.1. The van der Waals surface area contributed by atoms with Crippen molar-refractivity contribution < 1.29 is 23.8 Å². The number of rotatable bonds is 7. The molecule has 1 fully saturated rings. The Bertz CT molecular complexity index is 1480. The summed E-state index contributed by atoms with van der Waals surface area (Å²) in [6, 6.07) is 13.0. The third-order valence-corrected chi connectivity index (χ3v) is 6.59. The Kier molecular flexibility index (Phi) is 6.49. The predicted molar refractivity (Wildman–Crippen MR) is 137 cm³/mol. The third-order valence-electron chi connectivity index (χ3n) is 6.59. The first-order chi connectivity index (χ1) is 17.9. The molecule has 37 heavy (non-hydrogen) atoms. The second-order valence-electron chi connectivity index (χ2n) is 8.95. The molecule has 1 aromatic heterocycles. The number of anilines is 1. The highest BCUT2D eigenvalue weighted by atomic mass is 19.1. The van der Waals surface area contributed by atoms with Crippen LogP contribution < -0.4 is 20.7 Å². The largest absolute Gasteiger partial charge is 0.496 e. The van der Waals surface area contributed by atoms with Crippen LogP contribution >= 0.6 is 0 Å². The summed E-state index contributed by atoms with van der Waals surface area (Å²) in [6.45, 7) is 1.38. The second kappa shape index (κ2) is 9.90. The molecule has 2 heterocycles. The number of primary amides is 1. The number of hydrogen-bond acceptors (Lipinski definition) is 6. The van der Waals surface area contributed by atoms with E-state index in [0.717, 1.165) is 28.3 Å². The van der Waals surface area contributed by atoms with Gasteiger partial charge in [0.15, 0.2) is 0 Å². The Morgan fingerprint density at radius 1 is 1.24 bits per heavy atom. The number of methoxy groups -OCH3 is 1. The van der Waals surface area contributed by atoms with Gasteiger partial charge in [-0.05, 0) is 47.4 Å². The Hall–Kier alpha value is -4.44. The van der Waals surface area contributed by atoms with Gasteiger partial charge >= 0.3 is 0 Å². The molecule has 5 rings (SSSR count). The van der Waals surface area contributed by atoms with E-state index < -0.39 is 23.7 Å². The molecule has 0 bridgehead atoms. The maximum absolute atomic E-state index is 13.6. The summed E-state index contributed by atoms with van der Waals surface area (Å²) in [5, 5.41) is 20.6. The van der Waals surface area contributed by atoms with E-state index in [1.165, 1.54) is 19.2 Å². The topological polar surface area (TPSA) is 134 Å². The van der Waals surface area contributed by atoms with Gasteiger partial charge in [-0.2, -0.15) is 5.10 Å². The van der Waals surface area contributed by atoms with Crippen LogP contribution in [0.4, 0.5) is 10.1 Å². The summed E-state index contributed by atoms with van der Waals surface area (Å²) in [5.74, 6) is -1.29. The average Bonchev–Trinajstić information content (AvgIpc) is 3.55. The molecule has 1 saturated heterocycles. The molecule has 0 spiro atoms. The molecule has 2 amide bonds. The van der Waals surface area contributed by atoms with Crippen LogP contribution in [0.3, 0.4) is 0 Å². The second-order valence-corrected chi connectivity index (χ2v) is 8.95. The minimum atomic E-state index is -0.586. The highest BCUT2D eigenvalue weighted by Gasteiger charge is 2.26. The number of aromatic nitrogens is 2.